The number of amides is 1. The highest BCUT2D eigenvalue weighted by Crippen LogP contribution is 2.21. The van der Waals surface area contributed by atoms with E-state index in [1.807, 2.05) is 51.0 Å². The summed E-state index contributed by atoms with van der Waals surface area (Å²) >= 11 is 0. The van der Waals surface area contributed by atoms with Crippen molar-refractivity contribution in [3.8, 4) is 5.75 Å². The molecule has 0 N–H and O–H groups in total. The van der Waals surface area contributed by atoms with Crippen molar-refractivity contribution in [1.29, 1.82) is 0 Å². The molecular formula is C24H32N2O3. The van der Waals surface area contributed by atoms with E-state index in [0.29, 0.717) is 13.1 Å². The van der Waals surface area contributed by atoms with E-state index in [9.17, 15) is 4.79 Å². The van der Waals surface area contributed by atoms with Gasteiger partial charge in [0, 0.05) is 39.5 Å². The summed E-state index contributed by atoms with van der Waals surface area (Å²) in [6.45, 7) is 6.04. The Kier molecular flexibility index (Phi) is 7.15. The van der Waals surface area contributed by atoms with E-state index in [4.69, 9.17) is 9.47 Å². The maximum Gasteiger partial charge on any atom is 0.260 e. The molecule has 0 spiro atoms. The predicted molar refractivity (Wildman–Crippen MR) is 117 cm³/mol. The summed E-state index contributed by atoms with van der Waals surface area (Å²) < 4.78 is 11.7. The predicted octanol–water partition coefficient (Wildman–Crippen LogP) is 3.96. The number of benzene rings is 2. The summed E-state index contributed by atoms with van der Waals surface area (Å²) in [6.07, 6.45) is 2.17. The molecule has 0 radical (unpaired) electrons. The van der Waals surface area contributed by atoms with Crippen LogP contribution in [0.15, 0.2) is 42.5 Å². The first kappa shape index (κ1) is 21.2. The van der Waals surface area contributed by atoms with Gasteiger partial charge < -0.3 is 19.3 Å². The van der Waals surface area contributed by atoms with Gasteiger partial charge in [-0.15, -0.1) is 0 Å². The highest BCUT2D eigenvalue weighted by molar-refractivity contribution is 5.78. The van der Waals surface area contributed by atoms with Crippen LogP contribution in [0.5, 0.6) is 5.75 Å². The summed E-state index contributed by atoms with van der Waals surface area (Å²) in [4.78, 5) is 17.0. The SMILES string of the molecule is Cc1cccc(OCC(=O)N(Cc2ccc(N(C)C)cc2)C[C@H]2CCCO2)c1C. The molecule has 0 aliphatic carbocycles. The number of carbonyl (C=O) groups excluding carboxylic acids is 1. The van der Waals surface area contributed by atoms with Crippen LogP contribution in [0.25, 0.3) is 0 Å². The van der Waals surface area contributed by atoms with E-state index < -0.39 is 0 Å². The van der Waals surface area contributed by atoms with Crippen LogP contribution in [0.2, 0.25) is 0 Å². The molecule has 0 saturated carbocycles. The molecule has 5 heteroatoms. The Labute approximate surface area is 174 Å². The number of hydrogen-bond donors (Lipinski definition) is 0. The Balaban J connectivity index is 1.68. The van der Waals surface area contributed by atoms with Crippen molar-refractivity contribution in [2.75, 3.05) is 38.8 Å². The smallest absolute Gasteiger partial charge is 0.260 e. The molecule has 1 heterocycles. The zero-order valence-electron chi connectivity index (χ0n) is 18.0. The third-order valence-electron chi connectivity index (χ3n) is 5.53. The van der Waals surface area contributed by atoms with Gasteiger partial charge in [-0.3, -0.25) is 4.79 Å². The Morgan fingerprint density at radius 2 is 1.90 bits per heavy atom. The standard InChI is InChI=1S/C24H32N2O3/c1-18-7-5-9-23(19(18)2)29-17-24(27)26(16-22-8-6-14-28-22)15-20-10-12-21(13-11-20)25(3)4/h5,7,9-13,22H,6,8,14-17H2,1-4H3/t22-/m1/s1. The van der Waals surface area contributed by atoms with Gasteiger partial charge in [-0.1, -0.05) is 24.3 Å². The van der Waals surface area contributed by atoms with Crippen molar-refractivity contribution < 1.29 is 14.3 Å². The number of carbonyl (C=O) groups is 1. The number of nitrogens with zero attached hydrogens (tertiary/aromatic N) is 2. The van der Waals surface area contributed by atoms with Crippen LogP contribution < -0.4 is 9.64 Å². The van der Waals surface area contributed by atoms with Crippen molar-refractivity contribution >= 4 is 11.6 Å². The van der Waals surface area contributed by atoms with E-state index in [2.05, 4.69) is 29.2 Å². The van der Waals surface area contributed by atoms with Gasteiger partial charge in [0.1, 0.15) is 5.75 Å². The molecule has 2 aromatic carbocycles. The van der Waals surface area contributed by atoms with Crippen LogP contribution in [0.1, 0.15) is 29.5 Å². The van der Waals surface area contributed by atoms with Gasteiger partial charge in [-0.25, -0.2) is 0 Å². The minimum absolute atomic E-state index is 0.0157. The Hall–Kier alpha value is -2.53. The summed E-state index contributed by atoms with van der Waals surface area (Å²) in [5.41, 5.74) is 4.48. The second kappa shape index (κ2) is 9.79. The second-order valence-electron chi connectivity index (χ2n) is 7.96. The lowest BCUT2D eigenvalue weighted by Gasteiger charge is -2.26. The van der Waals surface area contributed by atoms with Gasteiger partial charge in [-0.2, -0.15) is 0 Å². The van der Waals surface area contributed by atoms with Crippen LogP contribution in [0, 0.1) is 13.8 Å². The fraction of sp³-hybridized carbons (Fsp3) is 0.458. The van der Waals surface area contributed by atoms with Gasteiger partial charge in [0.2, 0.25) is 0 Å². The van der Waals surface area contributed by atoms with Crippen molar-refractivity contribution in [2.24, 2.45) is 0 Å². The van der Waals surface area contributed by atoms with Gasteiger partial charge in [-0.05, 0) is 61.6 Å². The van der Waals surface area contributed by atoms with E-state index in [1.54, 1.807) is 0 Å². The zero-order chi connectivity index (χ0) is 20.8. The zero-order valence-corrected chi connectivity index (χ0v) is 18.0. The number of aryl methyl sites for hydroxylation is 1. The molecule has 3 rings (SSSR count). The third kappa shape index (κ3) is 5.73. The van der Waals surface area contributed by atoms with E-state index in [1.165, 1.54) is 0 Å². The van der Waals surface area contributed by atoms with E-state index in [-0.39, 0.29) is 18.6 Å². The first-order valence-corrected chi connectivity index (χ1v) is 10.3. The molecule has 0 unspecified atom stereocenters. The fourth-order valence-corrected chi connectivity index (χ4v) is 3.52. The summed E-state index contributed by atoms with van der Waals surface area (Å²) in [6, 6.07) is 14.2. The van der Waals surface area contributed by atoms with Crippen LogP contribution in [-0.2, 0) is 16.1 Å². The molecule has 0 aromatic heterocycles. The average molecular weight is 397 g/mol. The highest BCUT2D eigenvalue weighted by atomic mass is 16.5. The van der Waals surface area contributed by atoms with E-state index >= 15 is 0 Å². The number of hydrogen-bond acceptors (Lipinski definition) is 4. The minimum atomic E-state index is -0.0157. The van der Waals surface area contributed by atoms with Crippen molar-refractivity contribution in [3.05, 3.63) is 59.2 Å². The van der Waals surface area contributed by atoms with Crippen molar-refractivity contribution in [3.63, 3.8) is 0 Å². The molecule has 5 nitrogen and oxygen atoms in total. The van der Waals surface area contributed by atoms with Gasteiger partial charge in [0.25, 0.3) is 5.91 Å². The van der Waals surface area contributed by atoms with Gasteiger partial charge in [0.15, 0.2) is 6.61 Å². The first-order valence-electron chi connectivity index (χ1n) is 10.3. The van der Waals surface area contributed by atoms with Gasteiger partial charge >= 0.3 is 0 Å². The molecule has 1 aliphatic rings. The van der Waals surface area contributed by atoms with Crippen LogP contribution in [0.4, 0.5) is 5.69 Å². The van der Waals surface area contributed by atoms with Crippen LogP contribution in [0.3, 0.4) is 0 Å². The Morgan fingerprint density at radius 3 is 2.55 bits per heavy atom. The molecular weight excluding hydrogens is 364 g/mol. The third-order valence-corrected chi connectivity index (χ3v) is 5.53. The van der Waals surface area contributed by atoms with Crippen LogP contribution in [-0.4, -0.2) is 50.8 Å². The molecule has 1 fully saturated rings. The van der Waals surface area contributed by atoms with Crippen molar-refractivity contribution in [1.82, 2.24) is 4.90 Å². The van der Waals surface area contributed by atoms with Crippen molar-refractivity contribution in [2.45, 2.75) is 39.3 Å². The van der Waals surface area contributed by atoms with E-state index in [0.717, 1.165) is 47.6 Å². The highest BCUT2D eigenvalue weighted by Gasteiger charge is 2.23. The Morgan fingerprint density at radius 1 is 1.14 bits per heavy atom. The molecule has 1 saturated heterocycles. The quantitative estimate of drug-likeness (QED) is 0.677. The topological polar surface area (TPSA) is 42.0 Å². The lowest BCUT2D eigenvalue weighted by atomic mass is 10.1. The molecule has 29 heavy (non-hydrogen) atoms. The molecule has 1 aliphatic heterocycles. The molecule has 1 amide bonds. The molecule has 0 bridgehead atoms. The summed E-state index contributed by atoms with van der Waals surface area (Å²) in [7, 11) is 4.04. The number of ether oxygens (including phenoxy) is 2. The normalized spacial score (nSPS) is 15.9. The van der Waals surface area contributed by atoms with Gasteiger partial charge in [0.05, 0.1) is 6.10 Å². The lowest BCUT2D eigenvalue weighted by Crippen LogP contribution is -2.39. The lowest BCUT2D eigenvalue weighted by molar-refractivity contribution is -0.135. The first-order chi connectivity index (χ1) is 13.9. The maximum atomic E-state index is 13.0. The summed E-state index contributed by atoms with van der Waals surface area (Å²) in [5, 5.41) is 0. The fourth-order valence-electron chi connectivity index (χ4n) is 3.52. The number of rotatable bonds is 8. The Bertz CT molecular complexity index is 811. The monoisotopic (exact) mass is 396 g/mol. The molecule has 2 aromatic rings. The molecule has 156 valence electrons. The average Bonchev–Trinajstić information content (AvgIpc) is 3.22. The minimum Gasteiger partial charge on any atom is -0.483 e. The largest absolute Gasteiger partial charge is 0.483 e. The number of anilines is 1. The summed E-state index contributed by atoms with van der Waals surface area (Å²) in [5.74, 6) is 0.754. The van der Waals surface area contributed by atoms with Crippen LogP contribution >= 0.6 is 0 Å². The molecule has 1 atom stereocenters. The maximum absolute atomic E-state index is 13.0. The second-order valence-corrected chi connectivity index (χ2v) is 7.96.